The van der Waals surface area contributed by atoms with Crippen LogP contribution in [0.15, 0.2) is 0 Å². The maximum atomic E-state index is 13.2. The van der Waals surface area contributed by atoms with Gasteiger partial charge in [-0.1, -0.05) is 39.0 Å². The zero-order valence-electron chi connectivity index (χ0n) is 18.3. The topological polar surface area (TPSA) is 88.5 Å². The van der Waals surface area contributed by atoms with Crippen LogP contribution in [0.3, 0.4) is 0 Å². The Morgan fingerprint density at radius 3 is 2.59 bits per heavy atom. The van der Waals surface area contributed by atoms with Crippen molar-refractivity contribution in [1.29, 1.82) is 5.41 Å². The van der Waals surface area contributed by atoms with Crippen LogP contribution in [-0.4, -0.2) is 59.9 Å². The second-order valence-electron chi connectivity index (χ2n) is 9.35. The zero-order valence-corrected chi connectivity index (χ0v) is 18.3. The Bertz CT molecular complexity index is 604. The molecule has 2 atom stereocenters. The van der Waals surface area contributed by atoms with E-state index in [1.165, 1.54) is 37.0 Å². The first-order valence-corrected chi connectivity index (χ1v) is 11.6. The summed E-state index contributed by atoms with van der Waals surface area (Å²) in [5.41, 5.74) is -0.670. The molecule has 3 rings (SSSR count). The molecule has 3 amide bonds. The molecule has 3 N–H and O–H groups in total. The Kier molecular flexibility index (Phi) is 7.41. The molecule has 0 aromatic heterocycles. The summed E-state index contributed by atoms with van der Waals surface area (Å²) in [6.45, 7) is 4.25. The van der Waals surface area contributed by atoms with E-state index in [0.717, 1.165) is 38.6 Å². The van der Waals surface area contributed by atoms with Gasteiger partial charge in [0.05, 0.1) is 0 Å². The number of amides is 3. The number of nitrogens with zero attached hydrogens (tertiary/aromatic N) is 2. The van der Waals surface area contributed by atoms with Gasteiger partial charge in [-0.3, -0.25) is 15.1 Å². The Labute approximate surface area is 175 Å². The molecule has 7 heteroatoms. The summed E-state index contributed by atoms with van der Waals surface area (Å²) < 4.78 is 0. The van der Waals surface area contributed by atoms with Crippen LogP contribution < -0.4 is 10.6 Å². The van der Waals surface area contributed by atoms with Crippen molar-refractivity contribution in [1.82, 2.24) is 20.4 Å². The summed E-state index contributed by atoms with van der Waals surface area (Å²) in [7, 11) is 1.70. The highest BCUT2D eigenvalue weighted by atomic mass is 16.2. The minimum absolute atomic E-state index is 0.0170. The van der Waals surface area contributed by atoms with Gasteiger partial charge < -0.3 is 15.5 Å². The highest BCUT2D eigenvalue weighted by molar-refractivity contribution is 6.07. The van der Waals surface area contributed by atoms with Gasteiger partial charge in [-0.15, -0.1) is 0 Å². The quantitative estimate of drug-likeness (QED) is 0.607. The van der Waals surface area contributed by atoms with E-state index in [9.17, 15) is 9.59 Å². The molecule has 0 bridgehead atoms. The average Bonchev–Trinajstić information content (AvgIpc) is 2.95. The number of guanidine groups is 1. The molecule has 7 nitrogen and oxygen atoms in total. The van der Waals surface area contributed by atoms with Gasteiger partial charge in [-0.2, -0.15) is 0 Å². The summed E-state index contributed by atoms with van der Waals surface area (Å²) in [5, 5.41) is 14.4. The summed E-state index contributed by atoms with van der Waals surface area (Å²) >= 11 is 0. The fourth-order valence-corrected chi connectivity index (χ4v) is 5.38. The maximum Gasteiger partial charge on any atom is 0.317 e. The van der Waals surface area contributed by atoms with Crippen molar-refractivity contribution in [3.63, 3.8) is 0 Å². The minimum Gasteiger partial charge on any atom is -0.342 e. The van der Waals surface area contributed by atoms with Gasteiger partial charge in [0.1, 0.15) is 5.54 Å². The second-order valence-corrected chi connectivity index (χ2v) is 9.35. The molecule has 2 saturated heterocycles. The molecule has 2 aliphatic heterocycles. The van der Waals surface area contributed by atoms with Gasteiger partial charge in [0.15, 0.2) is 5.96 Å². The lowest BCUT2D eigenvalue weighted by Gasteiger charge is -2.38. The van der Waals surface area contributed by atoms with Crippen LogP contribution in [0.5, 0.6) is 0 Å². The second kappa shape index (κ2) is 9.81. The van der Waals surface area contributed by atoms with Crippen LogP contribution in [-0.2, 0) is 4.79 Å². The molecule has 0 aromatic carbocycles. The van der Waals surface area contributed by atoms with Gasteiger partial charge in [0, 0.05) is 26.7 Å². The molecule has 29 heavy (non-hydrogen) atoms. The van der Waals surface area contributed by atoms with Gasteiger partial charge in [-0.05, 0) is 50.4 Å². The third-order valence-electron chi connectivity index (χ3n) is 7.08. The number of likely N-dealkylation sites (tertiary alicyclic amines) is 1. The number of carbonyl (C=O) groups excluding carboxylic acids is 2. The van der Waals surface area contributed by atoms with E-state index >= 15 is 0 Å². The summed E-state index contributed by atoms with van der Waals surface area (Å²) in [5.74, 6) is 1.24. The molecule has 0 spiro atoms. The minimum atomic E-state index is -0.670. The Morgan fingerprint density at radius 2 is 1.93 bits per heavy atom. The van der Waals surface area contributed by atoms with Crippen LogP contribution >= 0.6 is 0 Å². The van der Waals surface area contributed by atoms with E-state index in [4.69, 9.17) is 5.41 Å². The fraction of sp³-hybridized carbons (Fsp3) is 0.864. The van der Waals surface area contributed by atoms with Crippen LogP contribution in [0.2, 0.25) is 0 Å². The summed E-state index contributed by atoms with van der Waals surface area (Å²) in [6.07, 6.45) is 12.0. The molecule has 3 aliphatic rings. The van der Waals surface area contributed by atoms with Crippen molar-refractivity contribution in [3.05, 3.63) is 0 Å². The van der Waals surface area contributed by atoms with E-state index in [1.54, 1.807) is 7.05 Å². The maximum absolute atomic E-state index is 13.2. The highest BCUT2D eigenvalue weighted by Crippen LogP contribution is 2.36. The first-order valence-electron chi connectivity index (χ1n) is 11.6. The molecule has 164 valence electrons. The van der Waals surface area contributed by atoms with E-state index < -0.39 is 5.54 Å². The van der Waals surface area contributed by atoms with E-state index in [2.05, 4.69) is 17.6 Å². The number of urea groups is 1. The Hall–Kier alpha value is -1.79. The molecule has 2 heterocycles. The van der Waals surface area contributed by atoms with Crippen molar-refractivity contribution in [2.45, 2.75) is 83.1 Å². The summed E-state index contributed by atoms with van der Waals surface area (Å²) in [4.78, 5) is 29.0. The van der Waals surface area contributed by atoms with Gasteiger partial charge in [0.2, 0.25) is 0 Å². The lowest BCUT2D eigenvalue weighted by molar-refractivity contribution is -0.131. The third kappa shape index (κ3) is 5.23. The van der Waals surface area contributed by atoms with Crippen molar-refractivity contribution in [2.24, 2.45) is 11.8 Å². The zero-order chi connectivity index (χ0) is 20.9. The monoisotopic (exact) mass is 405 g/mol. The highest BCUT2D eigenvalue weighted by Gasteiger charge is 2.49. The van der Waals surface area contributed by atoms with E-state index in [0.29, 0.717) is 31.3 Å². The van der Waals surface area contributed by atoms with Gasteiger partial charge in [0.25, 0.3) is 5.91 Å². The Balaban J connectivity index is 1.65. The molecular weight excluding hydrogens is 366 g/mol. The number of rotatable bonds is 7. The molecule has 0 radical (unpaired) electrons. The largest absolute Gasteiger partial charge is 0.342 e. The normalized spacial score (nSPS) is 28.6. The lowest BCUT2D eigenvalue weighted by Crippen LogP contribution is -2.52. The fourth-order valence-electron chi connectivity index (χ4n) is 5.38. The predicted molar refractivity (Wildman–Crippen MR) is 115 cm³/mol. The lowest BCUT2D eigenvalue weighted by atomic mass is 9.77. The third-order valence-corrected chi connectivity index (χ3v) is 7.08. The molecule has 3 fully saturated rings. The number of nitrogens with one attached hydrogen (secondary N) is 3. The number of hydrogen-bond acceptors (Lipinski definition) is 3. The number of carbonyl (C=O) groups is 2. The first-order chi connectivity index (χ1) is 13.9. The van der Waals surface area contributed by atoms with E-state index in [1.807, 2.05) is 4.90 Å². The van der Waals surface area contributed by atoms with Crippen molar-refractivity contribution in [2.75, 3.05) is 26.7 Å². The van der Waals surface area contributed by atoms with Gasteiger partial charge in [-0.25, -0.2) is 4.79 Å². The Morgan fingerprint density at radius 1 is 1.21 bits per heavy atom. The molecular formula is C22H39N5O2. The van der Waals surface area contributed by atoms with Crippen LogP contribution in [0.1, 0.15) is 77.6 Å². The molecule has 1 aliphatic carbocycles. The number of likely N-dealkylation sites (N-methyl/N-ethyl adjacent to an activating group) is 1. The van der Waals surface area contributed by atoms with Crippen LogP contribution in [0.4, 0.5) is 4.79 Å². The standard InChI is InChI=1S/C22H39N5O2/c1-3-13-24-21(29)27-14-7-10-18(16-27)15-22(19(28)26(2)20(23)25-22)12-11-17-8-5-4-6-9-17/h17-18H,3-16H2,1-2H3,(H2,23,25)(H,24,29)/t18?,22-/m1/s1. The van der Waals surface area contributed by atoms with Crippen LogP contribution in [0, 0.1) is 17.2 Å². The molecule has 1 saturated carbocycles. The number of piperidine rings is 1. The SMILES string of the molecule is CCCNC(=O)N1CCCC(C[C@@]2(CCC3CCCCC3)NC(=N)N(C)C2=O)C1. The van der Waals surface area contributed by atoms with Crippen molar-refractivity contribution >= 4 is 17.9 Å². The average molecular weight is 406 g/mol. The van der Waals surface area contributed by atoms with Crippen LogP contribution in [0.25, 0.3) is 0 Å². The predicted octanol–water partition coefficient (Wildman–Crippen LogP) is 3.30. The van der Waals surface area contributed by atoms with E-state index in [-0.39, 0.29) is 17.9 Å². The van der Waals surface area contributed by atoms with Crippen molar-refractivity contribution < 1.29 is 9.59 Å². The van der Waals surface area contributed by atoms with Crippen molar-refractivity contribution in [3.8, 4) is 0 Å². The number of hydrogen-bond donors (Lipinski definition) is 3. The molecule has 0 aromatic rings. The molecule has 1 unspecified atom stereocenters. The first kappa shape index (κ1) is 21.9. The smallest absolute Gasteiger partial charge is 0.317 e. The van der Waals surface area contributed by atoms with Gasteiger partial charge >= 0.3 is 6.03 Å². The summed E-state index contributed by atoms with van der Waals surface area (Å²) in [6, 6.07) is 0.0170.